The number of aromatic nitrogens is 2. The number of rotatable bonds is 10. The standard InChI is InChI=1S/C20H27N3O10/c1-5-29-16(27)6-8-21-15-7-9-23(20(28)22-15)19-18(32-13(4)26)17(31-12(3)25)14(33-19)10-30-11(2)24/h7,9,14,17-19H,5-6,8,10H2,1-4H3,(H,21,22,28)/t14-,17-,18-,19-/m1/s1. The molecule has 13 heteroatoms. The molecule has 1 fully saturated rings. The van der Waals surface area contributed by atoms with Crippen LogP contribution in [0.5, 0.6) is 0 Å². The van der Waals surface area contributed by atoms with E-state index in [-0.39, 0.29) is 32.0 Å². The van der Waals surface area contributed by atoms with Crippen LogP contribution in [0.2, 0.25) is 0 Å². The topological polar surface area (TPSA) is 161 Å². The van der Waals surface area contributed by atoms with Crippen LogP contribution < -0.4 is 11.0 Å². The van der Waals surface area contributed by atoms with Gasteiger partial charge < -0.3 is 29.0 Å². The largest absolute Gasteiger partial charge is 0.466 e. The lowest BCUT2D eigenvalue weighted by Gasteiger charge is -2.23. The average Bonchev–Trinajstić information content (AvgIpc) is 3.02. The van der Waals surface area contributed by atoms with E-state index >= 15 is 0 Å². The number of ether oxygens (including phenoxy) is 5. The summed E-state index contributed by atoms with van der Waals surface area (Å²) in [6.45, 7) is 5.37. The van der Waals surface area contributed by atoms with Gasteiger partial charge in [-0.05, 0) is 13.0 Å². The fourth-order valence-corrected chi connectivity index (χ4v) is 3.15. The van der Waals surface area contributed by atoms with Gasteiger partial charge in [-0.15, -0.1) is 0 Å². The van der Waals surface area contributed by atoms with E-state index in [1.54, 1.807) is 6.92 Å². The van der Waals surface area contributed by atoms with Crippen LogP contribution in [0.15, 0.2) is 17.1 Å². The maximum atomic E-state index is 12.7. The second kappa shape index (κ2) is 11.9. The smallest absolute Gasteiger partial charge is 0.351 e. The quantitative estimate of drug-likeness (QED) is 0.359. The molecule has 1 aromatic rings. The first-order valence-corrected chi connectivity index (χ1v) is 10.2. The summed E-state index contributed by atoms with van der Waals surface area (Å²) in [7, 11) is 0. The molecule has 1 aliphatic heterocycles. The van der Waals surface area contributed by atoms with Crippen molar-refractivity contribution < 1.29 is 42.9 Å². The van der Waals surface area contributed by atoms with Crippen molar-refractivity contribution >= 4 is 29.7 Å². The van der Waals surface area contributed by atoms with Crippen LogP contribution in [0.1, 0.15) is 40.3 Å². The number of carbonyl (C=O) groups excluding carboxylic acids is 4. The maximum absolute atomic E-state index is 12.7. The number of anilines is 1. The van der Waals surface area contributed by atoms with Crippen molar-refractivity contribution in [2.45, 2.75) is 58.7 Å². The van der Waals surface area contributed by atoms with Gasteiger partial charge in [0.15, 0.2) is 18.4 Å². The summed E-state index contributed by atoms with van der Waals surface area (Å²) in [6.07, 6.45) is -3.10. The number of nitrogens with zero attached hydrogens (tertiary/aromatic N) is 2. The van der Waals surface area contributed by atoms with Gasteiger partial charge in [0.1, 0.15) is 18.5 Å². The van der Waals surface area contributed by atoms with Crippen LogP contribution in [-0.4, -0.2) is 71.5 Å². The van der Waals surface area contributed by atoms with E-state index in [4.69, 9.17) is 23.7 Å². The van der Waals surface area contributed by atoms with E-state index < -0.39 is 54.1 Å². The molecule has 1 aromatic heterocycles. The van der Waals surface area contributed by atoms with Crippen molar-refractivity contribution in [3.05, 3.63) is 22.7 Å². The molecule has 0 radical (unpaired) electrons. The number of esters is 4. The predicted molar refractivity (Wildman–Crippen MR) is 110 cm³/mol. The Bertz CT molecular complexity index is 931. The molecule has 33 heavy (non-hydrogen) atoms. The minimum absolute atomic E-state index is 0.0841. The number of carbonyl (C=O) groups is 4. The molecule has 4 atom stereocenters. The summed E-state index contributed by atoms with van der Waals surface area (Å²) in [4.78, 5) is 62.5. The Morgan fingerprint density at radius 1 is 1.06 bits per heavy atom. The van der Waals surface area contributed by atoms with Crippen molar-refractivity contribution in [2.24, 2.45) is 0 Å². The first-order valence-electron chi connectivity index (χ1n) is 10.2. The molecule has 2 rings (SSSR count). The molecule has 0 saturated carbocycles. The third kappa shape index (κ3) is 7.56. The summed E-state index contributed by atoms with van der Waals surface area (Å²) < 4.78 is 27.2. The molecule has 0 amide bonds. The Kier molecular flexibility index (Phi) is 9.33. The van der Waals surface area contributed by atoms with Gasteiger partial charge in [0.25, 0.3) is 0 Å². The van der Waals surface area contributed by atoms with Crippen LogP contribution in [-0.2, 0) is 42.9 Å². The van der Waals surface area contributed by atoms with Crippen LogP contribution in [0, 0.1) is 0 Å². The third-order valence-corrected chi connectivity index (χ3v) is 4.39. The van der Waals surface area contributed by atoms with E-state index in [2.05, 4.69) is 10.3 Å². The monoisotopic (exact) mass is 469 g/mol. The lowest BCUT2D eigenvalue weighted by Crippen LogP contribution is -2.41. The van der Waals surface area contributed by atoms with Gasteiger partial charge in [0.05, 0.1) is 13.0 Å². The third-order valence-electron chi connectivity index (χ3n) is 4.39. The highest BCUT2D eigenvalue weighted by molar-refractivity contribution is 5.70. The van der Waals surface area contributed by atoms with Gasteiger partial charge >= 0.3 is 29.6 Å². The summed E-state index contributed by atoms with van der Waals surface area (Å²) in [5, 5.41) is 2.83. The van der Waals surface area contributed by atoms with E-state index in [1.807, 2.05) is 0 Å². The molecule has 13 nitrogen and oxygen atoms in total. The molecule has 182 valence electrons. The summed E-state index contributed by atoms with van der Waals surface area (Å²) in [5.41, 5.74) is -0.756. The molecular formula is C20H27N3O10. The molecule has 0 aliphatic carbocycles. The Morgan fingerprint density at radius 2 is 1.73 bits per heavy atom. The zero-order valence-electron chi connectivity index (χ0n) is 18.8. The SMILES string of the molecule is CCOC(=O)CCNc1ccn([C@@H]2O[C@H](COC(C)=O)[C@@H](OC(C)=O)[C@H]2OC(C)=O)c(=O)n1. The minimum Gasteiger partial charge on any atom is -0.466 e. The summed E-state index contributed by atoms with van der Waals surface area (Å²) >= 11 is 0. The van der Waals surface area contributed by atoms with Gasteiger partial charge in [0, 0.05) is 33.5 Å². The van der Waals surface area contributed by atoms with Gasteiger partial charge in [-0.3, -0.25) is 23.7 Å². The molecule has 0 spiro atoms. The molecule has 0 unspecified atom stereocenters. The lowest BCUT2D eigenvalue weighted by atomic mass is 10.1. The van der Waals surface area contributed by atoms with Crippen LogP contribution >= 0.6 is 0 Å². The number of hydrogen-bond donors (Lipinski definition) is 1. The van der Waals surface area contributed by atoms with Crippen molar-refractivity contribution in [3.63, 3.8) is 0 Å². The number of hydrogen-bond acceptors (Lipinski definition) is 12. The van der Waals surface area contributed by atoms with Crippen LogP contribution in [0.3, 0.4) is 0 Å². The minimum atomic E-state index is -1.20. The highest BCUT2D eigenvalue weighted by Gasteiger charge is 2.50. The highest BCUT2D eigenvalue weighted by atomic mass is 16.7. The molecular weight excluding hydrogens is 442 g/mol. The molecule has 0 aromatic carbocycles. The summed E-state index contributed by atoms with van der Waals surface area (Å²) in [6, 6.07) is 1.46. The van der Waals surface area contributed by atoms with E-state index in [0.717, 1.165) is 18.4 Å². The Morgan fingerprint density at radius 3 is 2.30 bits per heavy atom. The second-order valence-electron chi connectivity index (χ2n) is 7.00. The predicted octanol–water partition coefficient (Wildman–Crippen LogP) is -0.0677. The van der Waals surface area contributed by atoms with Crippen LogP contribution in [0.4, 0.5) is 5.82 Å². The lowest BCUT2D eigenvalue weighted by molar-refractivity contribution is -0.166. The van der Waals surface area contributed by atoms with Gasteiger partial charge in [-0.1, -0.05) is 0 Å². The van der Waals surface area contributed by atoms with Crippen molar-refractivity contribution in [3.8, 4) is 0 Å². The highest BCUT2D eigenvalue weighted by Crippen LogP contribution is 2.33. The summed E-state index contributed by atoms with van der Waals surface area (Å²) in [5.74, 6) is -2.16. The first-order chi connectivity index (χ1) is 15.6. The molecule has 1 N–H and O–H groups in total. The van der Waals surface area contributed by atoms with E-state index in [0.29, 0.717) is 0 Å². The average molecular weight is 469 g/mol. The van der Waals surface area contributed by atoms with Gasteiger partial charge in [0.2, 0.25) is 0 Å². The van der Waals surface area contributed by atoms with Gasteiger partial charge in [-0.2, -0.15) is 4.98 Å². The fourth-order valence-electron chi connectivity index (χ4n) is 3.15. The fraction of sp³-hybridized carbons (Fsp3) is 0.600. The molecule has 1 aliphatic rings. The Labute approximate surface area is 189 Å². The number of nitrogens with one attached hydrogen (secondary N) is 1. The zero-order chi connectivity index (χ0) is 24.5. The zero-order valence-corrected chi connectivity index (χ0v) is 18.8. The normalized spacial score (nSPS) is 21.7. The van der Waals surface area contributed by atoms with Crippen molar-refractivity contribution in [1.29, 1.82) is 0 Å². The van der Waals surface area contributed by atoms with Gasteiger partial charge in [-0.25, -0.2) is 4.79 Å². The van der Waals surface area contributed by atoms with Crippen molar-refractivity contribution in [2.75, 3.05) is 25.1 Å². The van der Waals surface area contributed by atoms with Crippen LogP contribution in [0.25, 0.3) is 0 Å². The first kappa shape index (κ1) is 25.8. The Balaban J connectivity index is 2.24. The van der Waals surface area contributed by atoms with E-state index in [9.17, 15) is 24.0 Å². The maximum Gasteiger partial charge on any atom is 0.351 e. The molecule has 2 heterocycles. The second-order valence-corrected chi connectivity index (χ2v) is 7.00. The van der Waals surface area contributed by atoms with E-state index in [1.165, 1.54) is 19.2 Å². The molecule has 0 bridgehead atoms. The van der Waals surface area contributed by atoms with Crippen molar-refractivity contribution in [1.82, 2.24) is 9.55 Å². The Hall–Kier alpha value is -3.48. The molecule has 1 saturated heterocycles.